The molecule has 0 amide bonds. The van der Waals surface area contributed by atoms with E-state index >= 15 is 0 Å². The van der Waals surface area contributed by atoms with Crippen molar-refractivity contribution in [3.8, 4) is 0 Å². The van der Waals surface area contributed by atoms with Gasteiger partial charge in [0.25, 0.3) is 5.69 Å². The number of halogens is 1. The van der Waals surface area contributed by atoms with Crippen molar-refractivity contribution in [2.75, 3.05) is 11.9 Å². The number of anilines is 2. The van der Waals surface area contributed by atoms with E-state index in [2.05, 4.69) is 10.3 Å². The highest BCUT2D eigenvalue weighted by Gasteiger charge is 2.18. The van der Waals surface area contributed by atoms with Gasteiger partial charge in [-0.2, -0.15) is 0 Å². The van der Waals surface area contributed by atoms with Gasteiger partial charge < -0.3 is 10.1 Å². The van der Waals surface area contributed by atoms with Gasteiger partial charge in [-0.05, 0) is 38.1 Å². The van der Waals surface area contributed by atoms with Crippen molar-refractivity contribution >= 4 is 45.5 Å². The quantitative estimate of drug-likeness (QED) is 0.376. The number of hydrogen-bond acceptors (Lipinski definition) is 6. The Kier molecular flexibility index (Phi) is 5.23. The Hall–Kier alpha value is -3.19. The van der Waals surface area contributed by atoms with Crippen molar-refractivity contribution in [1.29, 1.82) is 0 Å². The van der Waals surface area contributed by atoms with Crippen LogP contribution in [0.25, 0.3) is 10.9 Å². The van der Waals surface area contributed by atoms with Crippen LogP contribution in [0.4, 0.5) is 17.1 Å². The second-order valence-electron chi connectivity index (χ2n) is 5.81. The van der Waals surface area contributed by atoms with Crippen molar-refractivity contribution < 1.29 is 14.5 Å². The first kappa shape index (κ1) is 18.6. The summed E-state index contributed by atoms with van der Waals surface area (Å²) in [7, 11) is 0. The van der Waals surface area contributed by atoms with E-state index in [-0.39, 0.29) is 17.9 Å². The molecule has 0 bridgehead atoms. The minimum atomic E-state index is -0.545. The summed E-state index contributed by atoms with van der Waals surface area (Å²) in [6.45, 7) is 3.58. The molecule has 138 valence electrons. The molecule has 7 nitrogen and oxygen atoms in total. The molecule has 0 aliphatic heterocycles. The molecule has 8 heteroatoms. The number of carbonyl (C=O) groups excluding carboxylic acids is 1. The fourth-order valence-corrected chi connectivity index (χ4v) is 2.86. The zero-order valence-corrected chi connectivity index (χ0v) is 15.4. The van der Waals surface area contributed by atoms with Gasteiger partial charge in [0.05, 0.1) is 22.7 Å². The number of carbonyl (C=O) groups is 1. The Labute approximate surface area is 160 Å². The normalized spacial score (nSPS) is 10.6. The molecule has 0 fully saturated rings. The summed E-state index contributed by atoms with van der Waals surface area (Å²) in [6.07, 6.45) is 1.42. The number of nitrogens with one attached hydrogen (secondary N) is 1. The molecule has 0 unspecified atom stereocenters. The van der Waals surface area contributed by atoms with Gasteiger partial charge >= 0.3 is 5.97 Å². The summed E-state index contributed by atoms with van der Waals surface area (Å²) >= 11 is 6.11. The SMILES string of the molecule is CCOC(=O)c1cnc2ccc(Cl)cc2c1Nc1ccc(C)c([N+](=O)[O-])c1. The first-order valence-corrected chi connectivity index (χ1v) is 8.56. The number of esters is 1. The maximum atomic E-state index is 12.4. The summed E-state index contributed by atoms with van der Waals surface area (Å²) in [5.74, 6) is -0.545. The highest BCUT2D eigenvalue weighted by Crippen LogP contribution is 2.33. The van der Waals surface area contributed by atoms with E-state index in [0.29, 0.717) is 32.9 Å². The van der Waals surface area contributed by atoms with Gasteiger partial charge in [0.2, 0.25) is 0 Å². The van der Waals surface area contributed by atoms with E-state index in [1.807, 2.05) is 0 Å². The second-order valence-corrected chi connectivity index (χ2v) is 6.25. The van der Waals surface area contributed by atoms with Gasteiger partial charge in [-0.15, -0.1) is 0 Å². The lowest BCUT2D eigenvalue weighted by atomic mass is 10.1. The van der Waals surface area contributed by atoms with Gasteiger partial charge in [-0.1, -0.05) is 17.7 Å². The molecule has 1 N–H and O–H groups in total. The molecule has 3 aromatic rings. The number of nitro groups is 1. The molecule has 0 spiro atoms. The van der Waals surface area contributed by atoms with Crippen LogP contribution in [0.3, 0.4) is 0 Å². The van der Waals surface area contributed by atoms with Gasteiger partial charge in [-0.3, -0.25) is 15.1 Å². The number of fused-ring (bicyclic) bond motifs is 1. The van der Waals surface area contributed by atoms with E-state index in [9.17, 15) is 14.9 Å². The number of hydrogen-bond donors (Lipinski definition) is 1. The van der Waals surface area contributed by atoms with Crippen LogP contribution in [-0.4, -0.2) is 22.5 Å². The fraction of sp³-hybridized carbons (Fsp3) is 0.158. The molecule has 1 aromatic heterocycles. The number of pyridine rings is 1. The number of rotatable bonds is 5. The minimum absolute atomic E-state index is 0.0194. The zero-order valence-electron chi connectivity index (χ0n) is 14.7. The van der Waals surface area contributed by atoms with Gasteiger partial charge in [0.15, 0.2) is 0 Å². The molecule has 1 heterocycles. The van der Waals surface area contributed by atoms with Crippen molar-refractivity contribution in [1.82, 2.24) is 4.98 Å². The standard InChI is InChI=1S/C19H16ClN3O4/c1-3-27-19(24)15-10-21-16-7-5-12(20)8-14(16)18(15)22-13-6-4-11(2)17(9-13)23(25)26/h4-10H,3H2,1-2H3,(H,21,22). The molecule has 0 radical (unpaired) electrons. The van der Waals surface area contributed by atoms with Gasteiger partial charge in [0.1, 0.15) is 5.56 Å². The Morgan fingerprint density at radius 2 is 2.07 bits per heavy atom. The Balaban J connectivity index is 2.17. The number of nitro benzene ring substituents is 1. The third-order valence-electron chi connectivity index (χ3n) is 4.00. The van der Waals surface area contributed by atoms with Crippen LogP contribution in [0.15, 0.2) is 42.6 Å². The molecule has 0 aliphatic carbocycles. The van der Waals surface area contributed by atoms with Crippen molar-refractivity contribution in [3.05, 3.63) is 68.9 Å². The third kappa shape index (κ3) is 3.83. The lowest BCUT2D eigenvalue weighted by Gasteiger charge is -2.14. The average Bonchev–Trinajstić information content (AvgIpc) is 2.63. The fourth-order valence-electron chi connectivity index (χ4n) is 2.69. The Bertz CT molecular complexity index is 1050. The van der Waals surface area contributed by atoms with Crippen molar-refractivity contribution in [3.63, 3.8) is 0 Å². The summed E-state index contributed by atoms with van der Waals surface area (Å²) < 4.78 is 5.11. The molecule has 0 saturated carbocycles. The van der Waals surface area contributed by atoms with Crippen molar-refractivity contribution in [2.45, 2.75) is 13.8 Å². The van der Waals surface area contributed by atoms with E-state index < -0.39 is 10.9 Å². The molecular formula is C19H16ClN3O4. The summed E-state index contributed by atoms with van der Waals surface area (Å²) in [6, 6.07) is 9.87. The van der Waals surface area contributed by atoms with Crippen LogP contribution in [0, 0.1) is 17.0 Å². The number of ether oxygens (including phenoxy) is 1. The van der Waals surface area contributed by atoms with Crippen LogP contribution in [0.2, 0.25) is 5.02 Å². The lowest BCUT2D eigenvalue weighted by molar-refractivity contribution is -0.385. The van der Waals surface area contributed by atoms with Crippen LogP contribution in [0.1, 0.15) is 22.8 Å². The molecule has 27 heavy (non-hydrogen) atoms. The van der Waals surface area contributed by atoms with E-state index in [4.69, 9.17) is 16.3 Å². The van der Waals surface area contributed by atoms with Crippen LogP contribution < -0.4 is 5.32 Å². The summed E-state index contributed by atoms with van der Waals surface area (Å²) in [4.78, 5) is 27.4. The topological polar surface area (TPSA) is 94.4 Å². The first-order valence-electron chi connectivity index (χ1n) is 8.18. The zero-order chi connectivity index (χ0) is 19.6. The average molecular weight is 386 g/mol. The minimum Gasteiger partial charge on any atom is -0.462 e. The van der Waals surface area contributed by atoms with Crippen LogP contribution in [0.5, 0.6) is 0 Å². The molecule has 2 aromatic carbocycles. The molecule has 0 aliphatic rings. The summed E-state index contributed by atoms with van der Waals surface area (Å²) in [5.41, 5.74) is 2.25. The highest BCUT2D eigenvalue weighted by molar-refractivity contribution is 6.31. The molecule has 0 saturated heterocycles. The predicted molar refractivity (Wildman–Crippen MR) is 104 cm³/mol. The number of aromatic nitrogens is 1. The van der Waals surface area contributed by atoms with Crippen LogP contribution >= 0.6 is 11.6 Å². The maximum absolute atomic E-state index is 12.4. The molecular weight excluding hydrogens is 370 g/mol. The van der Waals surface area contributed by atoms with E-state index in [1.165, 1.54) is 12.3 Å². The number of nitrogens with zero attached hydrogens (tertiary/aromatic N) is 2. The highest BCUT2D eigenvalue weighted by atomic mass is 35.5. The predicted octanol–water partition coefficient (Wildman–Crippen LogP) is 5.03. The second kappa shape index (κ2) is 7.59. The number of aryl methyl sites for hydroxylation is 1. The molecule has 0 atom stereocenters. The van der Waals surface area contributed by atoms with Crippen LogP contribution in [-0.2, 0) is 4.74 Å². The monoisotopic (exact) mass is 385 g/mol. The number of benzene rings is 2. The lowest BCUT2D eigenvalue weighted by Crippen LogP contribution is -2.09. The smallest absolute Gasteiger partial charge is 0.341 e. The van der Waals surface area contributed by atoms with Gasteiger partial charge in [-0.25, -0.2) is 4.79 Å². The largest absolute Gasteiger partial charge is 0.462 e. The first-order chi connectivity index (χ1) is 12.9. The Morgan fingerprint density at radius 3 is 2.78 bits per heavy atom. The Morgan fingerprint density at radius 1 is 1.30 bits per heavy atom. The third-order valence-corrected chi connectivity index (χ3v) is 4.24. The van der Waals surface area contributed by atoms with Gasteiger partial charge in [0, 0.05) is 33.9 Å². The van der Waals surface area contributed by atoms with E-state index in [0.717, 1.165) is 0 Å². The van der Waals surface area contributed by atoms with Crippen molar-refractivity contribution in [2.24, 2.45) is 0 Å². The maximum Gasteiger partial charge on any atom is 0.341 e. The van der Waals surface area contributed by atoms with E-state index in [1.54, 1.807) is 44.2 Å². The molecule has 3 rings (SSSR count). The summed E-state index contributed by atoms with van der Waals surface area (Å²) in [5, 5.41) is 15.4.